The minimum atomic E-state index is -0.822. The van der Waals surface area contributed by atoms with Crippen molar-refractivity contribution in [2.24, 2.45) is 13.0 Å². The number of hydrogen-bond acceptors (Lipinski definition) is 3. The van der Waals surface area contributed by atoms with Crippen LogP contribution in [-0.4, -0.2) is 25.6 Å². The van der Waals surface area contributed by atoms with E-state index >= 15 is 0 Å². The molecule has 0 aliphatic rings. The van der Waals surface area contributed by atoms with Crippen LogP contribution in [0.1, 0.15) is 25.3 Å². The average Bonchev–Trinajstić information content (AvgIpc) is 2.59. The molecule has 5 nitrogen and oxygen atoms in total. The SMILES string of the molecule is CC(C)C(C(=O)O)c1cnc2c(c1)ncn2C. The van der Waals surface area contributed by atoms with E-state index in [4.69, 9.17) is 0 Å². The van der Waals surface area contributed by atoms with Gasteiger partial charge in [0.1, 0.15) is 5.52 Å². The molecule has 17 heavy (non-hydrogen) atoms. The number of aromatic nitrogens is 3. The highest BCUT2D eigenvalue weighted by atomic mass is 16.4. The number of nitrogens with zero attached hydrogens (tertiary/aromatic N) is 3. The van der Waals surface area contributed by atoms with Crippen LogP contribution in [0.25, 0.3) is 11.2 Å². The Morgan fingerprint density at radius 1 is 1.41 bits per heavy atom. The molecule has 0 saturated heterocycles. The van der Waals surface area contributed by atoms with Crippen molar-refractivity contribution >= 4 is 17.1 Å². The zero-order valence-corrected chi connectivity index (χ0v) is 10.1. The van der Waals surface area contributed by atoms with Gasteiger partial charge in [0.2, 0.25) is 0 Å². The van der Waals surface area contributed by atoms with Crippen LogP contribution < -0.4 is 0 Å². The summed E-state index contributed by atoms with van der Waals surface area (Å²) < 4.78 is 1.81. The molecule has 2 aromatic heterocycles. The van der Waals surface area contributed by atoms with Gasteiger partial charge in [-0.05, 0) is 17.5 Å². The molecule has 90 valence electrons. The predicted octanol–water partition coefficient (Wildman–Crippen LogP) is 1.79. The molecule has 0 aliphatic carbocycles. The lowest BCUT2D eigenvalue weighted by Gasteiger charge is -2.15. The van der Waals surface area contributed by atoms with E-state index in [2.05, 4.69) is 9.97 Å². The Morgan fingerprint density at radius 2 is 2.12 bits per heavy atom. The first-order chi connectivity index (χ1) is 8.00. The van der Waals surface area contributed by atoms with E-state index in [-0.39, 0.29) is 5.92 Å². The van der Waals surface area contributed by atoms with Gasteiger partial charge in [-0.15, -0.1) is 0 Å². The van der Waals surface area contributed by atoms with Crippen LogP contribution in [0.4, 0.5) is 0 Å². The van der Waals surface area contributed by atoms with E-state index in [1.807, 2.05) is 25.5 Å². The fourth-order valence-electron chi connectivity index (χ4n) is 2.01. The van der Waals surface area contributed by atoms with Gasteiger partial charge in [-0.25, -0.2) is 9.97 Å². The first kappa shape index (κ1) is 11.6. The number of carboxylic acids is 1. The lowest BCUT2D eigenvalue weighted by Crippen LogP contribution is -2.17. The molecule has 0 amide bonds. The first-order valence-corrected chi connectivity index (χ1v) is 5.50. The molecule has 0 saturated carbocycles. The van der Waals surface area contributed by atoms with E-state index in [9.17, 15) is 9.90 Å². The minimum absolute atomic E-state index is 0.0236. The number of imidazole rings is 1. The Hall–Kier alpha value is -1.91. The standard InChI is InChI=1S/C12H15N3O2/c1-7(2)10(12(16)17)8-4-9-11(13-5-8)15(3)6-14-9/h4-7,10H,1-3H3,(H,16,17). The molecular formula is C12H15N3O2. The largest absolute Gasteiger partial charge is 0.481 e. The molecule has 0 radical (unpaired) electrons. The van der Waals surface area contributed by atoms with Gasteiger partial charge in [0, 0.05) is 13.2 Å². The second-order valence-electron chi connectivity index (χ2n) is 4.53. The fraction of sp³-hybridized carbons (Fsp3) is 0.417. The maximum absolute atomic E-state index is 11.2. The summed E-state index contributed by atoms with van der Waals surface area (Å²) in [5.41, 5.74) is 2.21. The van der Waals surface area contributed by atoms with Gasteiger partial charge in [-0.1, -0.05) is 13.8 Å². The maximum atomic E-state index is 11.2. The Morgan fingerprint density at radius 3 is 2.71 bits per heavy atom. The van der Waals surface area contributed by atoms with Gasteiger partial charge in [-0.2, -0.15) is 0 Å². The smallest absolute Gasteiger partial charge is 0.311 e. The highest BCUT2D eigenvalue weighted by Gasteiger charge is 2.24. The third-order valence-electron chi connectivity index (χ3n) is 2.86. The highest BCUT2D eigenvalue weighted by Crippen LogP contribution is 2.25. The molecule has 1 atom stereocenters. The monoisotopic (exact) mass is 233 g/mol. The Labute approximate surface area is 99.1 Å². The normalized spacial score (nSPS) is 13.2. The number of carboxylic acid groups (broad SMARTS) is 1. The predicted molar refractivity (Wildman–Crippen MR) is 63.7 cm³/mol. The van der Waals surface area contributed by atoms with Gasteiger partial charge in [0.05, 0.1) is 12.2 Å². The third kappa shape index (κ3) is 2.00. The van der Waals surface area contributed by atoms with E-state index in [1.54, 1.807) is 18.6 Å². The van der Waals surface area contributed by atoms with Crippen molar-refractivity contribution in [3.05, 3.63) is 24.2 Å². The number of hydrogen-bond donors (Lipinski definition) is 1. The lowest BCUT2D eigenvalue weighted by atomic mass is 9.89. The molecule has 5 heteroatoms. The van der Waals surface area contributed by atoms with Crippen LogP contribution in [0.2, 0.25) is 0 Å². The molecule has 1 N–H and O–H groups in total. The third-order valence-corrected chi connectivity index (χ3v) is 2.86. The van der Waals surface area contributed by atoms with Crippen molar-refractivity contribution in [1.82, 2.24) is 14.5 Å². The number of pyridine rings is 1. The summed E-state index contributed by atoms with van der Waals surface area (Å²) in [5.74, 6) is -1.33. The number of fused-ring (bicyclic) bond motifs is 1. The second-order valence-corrected chi connectivity index (χ2v) is 4.53. The van der Waals surface area contributed by atoms with Crippen LogP contribution >= 0.6 is 0 Å². The first-order valence-electron chi connectivity index (χ1n) is 5.50. The summed E-state index contributed by atoms with van der Waals surface area (Å²) in [4.78, 5) is 19.7. The highest BCUT2D eigenvalue weighted by molar-refractivity contribution is 5.79. The summed E-state index contributed by atoms with van der Waals surface area (Å²) in [7, 11) is 1.86. The molecule has 1 unspecified atom stereocenters. The van der Waals surface area contributed by atoms with Crippen molar-refractivity contribution in [2.75, 3.05) is 0 Å². The van der Waals surface area contributed by atoms with Crippen molar-refractivity contribution in [2.45, 2.75) is 19.8 Å². The molecule has 0 aliphatic heterocycles. The summed E-state index contributed by atoms with van der Waals surface area (Å²) >= 11 is 0. The molecule has 2 rings (SSSR count). The molecule has 0 aromatic carbocycles. The Bertz CT molecular complexity index is 560. The van der Waals surface area contributed by atoms with Crippen molar-refractivity contribution in [3.63, 3.8) is 0 Å². The summed E-state index contributed by atoms with van der Waals surface area (Å²) in [5, 5.41) is 9.22. The van der Waals surface area contributed by atoms with Crippen LogP contribution in [0, 0.1) is 5.92 Å². The van der Waals surface area contributed by atoms with Gasteiger partial charge in [0.25, 0.3) is 0 Å². The minimum Gasteiger partial charge on any atom is -0.481 e. The van der Waals surface area contributed by atoms with Gasteiger partial charge in [0.15, 0.2) is 5.65 Å². The Kier molecular flexibility index (Phi) is 2.83. The fourth-order valence-corrected chi connectivity index (χ4v) is 2.01. The van der Waals surface area contributed by atoms with Crippen LogP contribution in [0.5, 0.6) is 0 Å². The average molecular weight is 233 g/mol. The molecule has 0 bridgehead atoms. The summed E-state index contributed by atoms with van der Waals surface area (Å²) in [6, 6.07) is 1.81. The number of rotatable bonds is 3. The lowest BCUT2D eigenvalue weighted by molar-refractivity contribution is -0.139. The van der Waals surface area contributed by atoms with E-state index in [1.165, 1.54) is 0 Å². The number of aryl methyl sites for hydroxylation is 1. The maximum Gasteiger partial charge on any atom is 0.311 e. The van der Waals surface area contributed by atoms with Crippen LogP contribution in [-0.2, 0) is 11.8 Å². The van der Waals surface area contributed by atoms with Crippen molar-refractivity contribution in [1.29, 1.82) is 0 Å². The van der Waals surface area contributed by atoms with Crippen molar-refractivity contribution < 1.29 is 9.90 Å². The van der Waals surface area contributed by atoms with Gasteiger partial charge >= 0.3 is 5.97 Å². The molecule has 2 aromatic rings. The Balaban J connectivity index is 2.51. The quantitative estimate of drug-likeness (QED) is 0.877. The van der Waals surface area contributed by atoms with Crippen LogP contribution in [0.15, 0.2) is 18.6 Å². The summed E-state index contributed by atoms with van der Waals surface area (Å²) in [6.45, 7) is 3.78. The van der Waals surface area contributed by atoms with Crippen LogP contribution in [0.3, 0.4) is 0 Å². The van der Waals surface area contributed by atoms with E-state index in [0.29, 0.717) is 5.56 Å². The van der Waals surface area contributed by atoms with E-state index < -0.39 is 11.9 Å². The molecule has 0 fully saturated rings. The van der Waals surface area contributed by atoms with Crippen molar-refractivity contribution in [3.8, 4) is 0 Å². The molecular weight excluding hydrogens is 218 g/mol. The zero-order valence-electron chi connectivity index (χ0n) is 10.1. The topological polar surface area (TPSA) is 68.0 Å². The number of carbonyl (C=O) groups is 1. The van der Waals surface area contributed by atoms with Gasteiger partial charge < -0.3 is 9.67 Å². The second kappa shape index (κ2) is 4.16. The zero-order chi connectivity index (χ0) is 12.6. The summed E-state index contributed by atoms with van der Waals surface area (Å²) in [6.07, 6.45) is 3.30. The van der Waals surface area contributed by atoms with E-state index in [0.717, 1.165) is 11.2 Å². The number of aliphatic carboxylic acids is 1. The van der Waals surface area contributed by atoms with Gasteiger partial charge in [-0.3, -0.25) is 4.79 Å². The molecule has 0 spiro atoms. The molecule has 2 heterocycles.